The average molecular weight is 467 g/mol. The number of carbonyl (C=O) groups is 1. The Morgan fingerprint density at radius 3 is 2.59 bits per heavy atom. The Morgan fingerprint density at radius 2 is 1.84 bits per heavy atom. The van der Waals surface area contributed by atoms with E-state index in [1.807, 2.05) is 47.0 Å². The van der Waals surface area contributed by atoms with Crippen LogP contribution in [0.4, 0.5) is 0 Å². The van der Waals surface area contributed by atoms with Gasteiger partial charge in [0, 0.05) is 21.7 Å². The smallest absolute Gasteiger partial charge is 0.221 e. The summed E-state index contributed by atoms with van der Waals surface area (Å²) in [6.07, 6.45) is 3.20. The zero-order chi connectivity index (χ0) is 22.7. The Labute approximate surface area is 195 Å². The van der Waals surface area contributed by atoms with Crippen molar-refractivity contribution in [2.45, 2.75) is 6.54 Å². The van der Waals surface area contributed by atoms with Gasteiger partial charge < -0.3 is 14.0 Å². The lowest BCUT2D eigenvalue weighted by atomic mass is 10.1. The molecule has 0 saturated heterocycles. The molecule has 162 valence electrons. The number of methoxy groups -OCH3 is 2. The summed E-state index contributed by atoms with van der Waals surface area (Å²) in [6.45, 7) is 0.386. The monoisotopic (exact) mass is 466 g/mol. The molecule has 0 aliphatic heterocycles. The fraction of sp³-hybridized carbons (Fsp3) is 0.120. The third-order valence-corrected chi connectivity index (χ3v) is 5.66. The summed E-state index contributed by atoms with van der Waals surface area (Å²) >= 11 is 12.4. The third-order valence-electron chi connectivity index (χ3n) is 5.07. The van der Waals surface area contributed by atoms with Crippen LogP contribution in [-0.2, 0) is 6.54 Å². The highest BCUT2D eigenvalue weighted by Crippen LogP contribution is 2.27. The Bertz CT molecular complexity index is 1330. The van der Waals surface area contributed by atoms with E-state index in [2.05, 4.69) is 4.98 Å². The van der Waals surface area contributed by atoms with Crippen LogP contribution in [0.25, 0.3) is 17.1 Å². The van der Waals surface area contributed by atoms with Crippen LogP contribution >= 0.6 is 23.2 Å². The molecule has 4 rings (SSSR count). The Kier molecular flexibility index (Phi) is 6.49. The van der Waals surface area contributed by atoms with E-state index in [0.717, 1.165) is 22.2 Å². The first-order valence-corrected chi connectivity index (χ1v) is 10.6. The number of aromatic nitrogens is 2. The second kappa shape index (κ2) is 9.47. The van der Waals surface area contributed by atoms with E-state index in [-0.39, 0.29) is 5.78 Å². The lowest BCUT2D eigenvalue weighted by Crippen LogP contribution is -2.10. The summed E-state index contributed by atoms with van der Waals surface area (Å²) in [5.74, 6) is 1.37. The van der Waals surface area contributed by atoms with Crippen molar-refractivity contribution in [1.29, 1.82) is 0 Å². The lowest BCUT2D eigenvalue weighted by molar-refractivity contribution is 0.103. The molecule has 0 unspecified atom stereocenters. The third kappa shape index (κ3) is 4.49. The fourth-order valence-electron chi connectivity index (χ4n) is 3.44. The maximum Gasteiger partial charge on any atom is 0.221 e. The second-order valence-corrected chi connectivity index (χ2v) is 7.90. The van der Waals surface area contributed by atoms with Crippen LogP contribution in [0.2, 0.25) is 10.0 Å². The van der Waals surface area contributed by atoms with E-state index >= 15 is 0 Å². The van der Waals surface area contributed by atoms with Crippen molar-refractivity contribution < 1.29 is 14.3 Å². The minimum atomic E-state index is -0.232. The molecule has 5 nitrogen and oxygen atoms in total. The van der Waals surface area contributed by atoms with Gasteiger partial charge in [-0.1, -0.05) is 41.4 Å². The summed E-state index contributed by atoms with van der Waals surface area (Å²) in [5.41, 5.74) is 3.17. The van der Waals surface area contributed by atoms with Gasteiger partial charge in [-0.2, -0.15) is 0 Å². The van der Waals surface area contributed by atoms with Gasteiger partial charge in [-0.05, 0) is 54.1 Å². The normalized spacial score (nSPS) is 11.2. The van der Waals surface area contributed by atoms with Gasteiger partial charge in [0.15, 0.2) is 5.82 Å². The van der Waals surface area contributed by atoms with E-state index in [1.54, 1.807) is 38.5 Å². The van der Waals surface area contributed by atoms with Crippen molar-refractivity contribution in [2.24, 2.45) is 0 Å². The highest BCUT2D eigenvalue weighted by Gasteiger charge is 2.17. The largest absolute Gasteiger partial charge is 0.497 e. The fourth-order valence-corrected chi connectivity index (χ4v) is 3.91. The quantitative estimate of drug-likeness (QED) is 0.236. The molecule has 0 fully saturated rings. The van der Waals surface area contributed by atoms with Gasteiger partial charge in [-0.3, -0.25) is 4.79 Å². The number of rotatable bonds is 7. The van der Waals surface area contributed by atoms with Crippen LogP contribution in [0, 0.1) is 0 Å². The van der Waals surface area contributed by atoms with E-state index in [1.165, 1.54) is 6.08 Å². The Morgan fingerprint density at radius 1 is 1.03 bits per heavy atom. The first-order chi connectivity index (χ1) is 15.5. The summed E-state index contributed by atoms with van der Waals surface area (Å²) < 4.78 is 12.5. The number of halogens is 2. The zero-order valence-corrected chi connectivity index (χ0v) is 19.0. The Balaban J connectivity index is 1.72. The van der Waals surface area contributed by atoms with Crippen LogP contribution in [0.15, 0.2) is 66.7 Å². The maximum atomic E-state index is 13.2. The van der Waals surface area contributed by atoms with Crippen molar-refractivity contribution in [1.82, 2.24) is 9.55 Å². The summed E-state index contributed by atoms with van der Waals surface area (Å²) in [6, 6.07) is 18.3. The molecule has 0 amide bonds. The molecule has 1 heterocycles. The zero-order valence-electron chi connectivity index (χ0n) is 17.5. The lowest BCUT2D eigenvalue weighted by Gasteiger charge is -2.10. The maximum absolute atomic E-state index is 13.2. The number of ketones is 1. The van der Waals surface area contributed by atoms with Crippen LogP contribution in [0.1, 0.15) is 21.7 Å². The van der Waals surface area contributed by atoms with E-state index in [0.29, 0.717) is 33.9 Å². The summed E-state index contributed by atoms with van der Waals surface area (Å²) in [7, 11) is 3.16. The van der Waals surface area contributed by atoms with Gasteiger partial charge in [0.2, 0.25) is 5.78 Å². The average Bonchev–Trinajstić information content (AvgIpc) is 3.17. The molecular formula is C25H20Cl2N2O3. The molecule has 0 bridgehead atoms. The molecule has 32 heavy (non-hydrogen) atoms. The SMILES string of the molecule is COc1ccc(C=CC(=O)c2nc3ccccc3n2Cc2ccc(Cl)cc2Cl)c(OC)c1. The van der Waals surface area contributed by atoms with Crippen molar-refractivity contribution >= 4 is 46.1 Å². The number of allylic oxidation sites excluding steroid dienone is 1. The molecule has 0 aliphatic rings. The van der Waals surface area contributed by atoms with Crippen molar-refractivity contribution in [2.75, 3.05) is 14.2 Å². The van der Waals surface area contributed by atoms with Crippen molar-refractivity contribution in [3.05, 3.63) is 93.7 Å². The van der Waals surface area contributed by atoms with Gasteiger partial charge in [0.05, 0.1) is 31.8 Å². The predicted molar refractivity (Wildman–Crippen MR) is 128 cm³/mol. The predicted octanol–water partition coefficient (Wildman–Crippen LogP) is 6.30. The molecule has 3 aromatic carbocycles. The molecule has 0 radical (unpaired) electrons. The van der Waals surface area contributed by atoms with E-state index in [9.17, 15) is 4.79 Å². The number of hydrogen-bond donors (Lipinski definition) is 0. The van der Waals surface area contributed by atoms with Crippen LogP contribution in [0.3, 0.4) is 0 Å². The van der Waals surface area contributed by atoms with E-state index < -0.39 is 0 Å². The molecule has 0 aliphatic carbocycles. The van der Waals surface area contributed by atoms with Crippen molar-refractivity contribution in [3.8, 4) is 11.5 Å². The number of nitrogens with zero attached hydrogens (tertiary/aromatic N) is 2. The summed E-state index contributed by atoms with van der Waals surface area (Å²) in [4.78, 5) is 17.8. The molecule has 0 spiro atoms. The van der Waals surface area contributed by atoms with Gasteiger partial charge >= 0.3 is 0 Å². The first-order valence-electron chi connectivity index (χ1n) is 9.84. The standard InChI is InChI=1S/C25H20Cl2N2O3/c1-31-19-11-8-16(24(14-19)32-2)9-12-23(30)25-28-21-5-3-4-6-22(21)29(25)15-17-7-10-18(26)13-20(17)27/h3-14H,15H2,1-2H3. The topological polar surface area (TPSA) is 53.3 Å². The number of hydrogen-bond acceptors (Lipinski definition) is 4. The highest BCUT2D eigenvalue weighted by molar-refractivity contribution is 6.35. The minimum absolute atomic E-state index is 0.232. The number of benzene rings is 3. The molecule has 7 heteroatoms. The molecule has 0 saturated carbocycles. The molecule has 1 aromatic heterocycles. The molecule has 0 N–H and O–H groups in total. The number of imidazole rings is 1. The number of carbonyl (C=O) groups excluding carboxylic acids is 1. The number of para-hydroxylation sites is 2. The van der Waals surface area contributed by atoms with Gasteiger partial charge in [-0.25, -0.2) is 4.98 Å². The number of fused-ring (bicyclic) bond motifs is 1. The molecule has 4 aromatic rings. The second-order valence-electron chi connectivity index (χ2n) is 7.05. The van der Waals surface area contributed by atoms with Crippen LogP contribution < -0.4 is 9.47 Å². The van der Waals surface area contributed by atoms with Crippen molar-refractivity contribution in [3.63, 3.8) is 0 Å². The number of ether oxygens (including phenoxy) is 2. The minimum Gasteiger partial charge on any atom is -0.497 e. The Hall–Kier alpha value is -3.28. The van der Waals surface area contributed by atoms with Crippen LogP contribution in [-0.4, -0.2) is 29.6 Å². The van der Waals surface area contributed by atoms with Gasteiger partial charge in [0.25, 0.3) is 0 Å². The summed E-state index contributed by atoms with van der Waals surface area (Å²) in [5, 5.41) is 1.09. The van der Waals surface area contributed by atoms with Crippen LogP contribution in [0.5, 0.6) is 11.5 Å². The van der Waals surface area contributed by atoms with Gasteiger partial charge in [-0.15, -0.1) is 0 Å². The van der Waals surface area contributed by atoms with E-state index in [4.69, 9.17) is 32.7 Å². The van der Waals surface area contributed by atoms with Gasteiger partial charge in [0.1, 0.15) is 11.5 Å². The molecular weight excluding hydrogens is 447 g/mol. The molecule has 0 atom stereocenters. The first kappa shape index (κ1) is 21.9. The highest BCUT2D eigenvalue weighted by atomic mass is 35.5.